The van der Waals surface area contributed by atoms with E-state index in [1.807, 2.05) is 13.8 Å². The van der Waals surface area contributed by atoms with Crippen LogP contribution in [0.1, 0.15) is 38.9 Å². The Morgan fingerprint density at radius 3 is 2.48 bits per heavy atom. The van der Waals surface area contributed by atoms with Crippen molar-refractivity contribution < 1.29 is 18.3 Å². The third-order valence-corrected chi connectivity index (χ3v) is 3.57. The summed E-state index contributed by atoms with van der Waals surface area (Å²) in [6.45, 7) is 5.00. The summed E-state index contributed by atoms with van der Waals surface area (Å²) in [6, 6.07) is 0. The van der Waals surface area contributed by atoms with Crippen molar-refractivity contribution in [3.05, 3.63) is 18.2 Å². The molecule has 0 bridgehead atoms. The molecule has 0 saturated carbocycles. The molecule has 3 N–H and O–H groups in total. The van der Waals surface area contributed by atoms with E-state index in [0.29, 0.717) is 19.0 Å². The van der Waals surface area contributed by atoms with Gasteiger partial charge in [-0.15, -0.1) is 24.0 Å². The van der Waals surface area contributed by atoms with Crippen LogP contribution >= 0.6 is 24.0 Å². The number of imidazole rings is 1. The van der Waals surface area contributed by atoms with Gasteiger partial charge in [0.2, 0.25) is 5.60 Å². The lowest BCUT2D eigenvalue weighted by molar-refractivity contribution is -0.272. The van der Waals surface area contributed by atoms with E-state index in [1.165, 1.54) is 24.0 Å². The van der Waals surface area contributed by atoms with Gasteiger partial charge in [0.15, 0.2) is 5.96 Å². The number of nitrogens with one attached hydrogen (secondary N) is 2. The van der Waals surface area contributed by atoms with E-state index < -0.39 is 24.0 Å². The fraction of sp³-hybridized carbons (Fsp3) is 0.733. The molecule has 0 saturated heterocycles. The monoisotopic (exact) mass is 477 g/mol. The van der Waals surface area contributed by atoms with Crippen molar-refractivity contribution in [1.82, 2.24) is 20.2 Å². The number of nitrogens with zero attached hydrogens (tertiary/aromatic N) is 3. The van der Waals surface area contributed by atoms with Gasteiger partial charge in [-0.2, -0.15) is 13.2 Å². The highest BCUT2D eigenvalue weighted by molar-refractivity contribution is 14.0. The molecule has 1 aromatic rings. The van der Waals surface area contributed by atoms with Crippen LogP contribution in [0.2, 0.25) is 0 Å². The predicted octanol–water partition coefficient (Wildman–Crippen LogP) is 2.53. The number of aromatic nitrogens is 2. The van der Waals surface area contributed by atoms with Gasteiger partial charge in [-0.3, -0.25) is 4.99 Å². The van der Waals surface area contributed by atoms with Crippen LogP contribution in [0.5, 0.6) is 0 Å². The zero-order valence-electron chi connectivity index (χ0n) is 14.7. The van der Waals surface area contributed by atoms with Crippen LogP contribution in [0.25, 0.3) is 0 Å². The average Bonchev–Trinajstić information content (AvgIpc) is 2.92. The van der Waals surface area contributed by atoms with Crippen molar-refractivity contribution in [3.8, 4) is 0 Å². The summed E-state index contributed by atoms with van der Waals surface area (Å²) < 4.78 is 41.3. The number of aliphatic imine (C=N–C) groups is 1. The minimum absolute atomic E-state index is 0. The molecule has 25 heavy (non-hydrogen) atoms. The molecule has 1 rings (SSSR count). The Hall–Kier alpha value is -1.04. The van der Waals surface area contributed by atoms with Crippen molar-refractivity contribution in [1.29, 1.82) is 0 Å². The predicted molar refractivity (Wildman–Crippen MR) is 102 cm³/mol. The van der Waals surface area contributed by atoms with E-state index in [-0.39, 0.29) is 30.5 Å². The van der Waals surface area contributed by atoms with Crippen LogP contribution in [-0.4, -0.2) is 46.4 Å². The lowest BCUT2D eigenvalue weighted by atomic mass is 9.97. The fourth-order valence-corrected chi connectivity index (χ4v) is 2.20. The van der Waals surface area contributed by atoms with Crippen molar-refractivity contribution in [2.75, 3.05) is 19.6 Å². The minimum Gasteiger partial charge on any atom is -0.374 e. The number of aryl methyl sites for hydroxylation is 1. The summed E-state index contributed by atoms with van der Waals surface area (Å²) in [6.07, 6.45) is -0.914. The van der Waals surface area contributed by atoms with Crippen LogP contribution in [0.15, 0.2) is 17.4 Å². The lowest BCUT2D eigenvalue weighted by Crippen LogP contribution is -2.48. The molecule has 0 aliphatic carbocycles. The average molecular weight is 477 g/mol. The first kappa shape index (κ1) is 24.0. The Kier molecular flexibility index (Phi) is 10.4. The highest BCUT2D eigenvalue weighted by Gasteiger charge is 2.57. The van der Waals surface area contributed by atoms with E-state index >= 15 is 0 Å². The number of aliphatic hydroxyl groups is 1. The number of unbranched alkanes of at least 4 members (excludes halogenated alkanes) is 1. The van der Waals surface area contributed by atoms with Crippen LogP contribution in [0.3, 0.4) is 0 Å². The Morgan fingerprint density at radius 2 is 2.00 bits per heavy atom. The molecule has 10 heteroatoms. The standard InChI is InChI=1S/C15H26F3N5O.HI/c1-4-6-8-21-13(19-5-2)22-9-7-14(24,15(16,17)18)12-20-10-11-23(12)3;/h10-11,24H,4-9H2,1-3H3,(H2,19,21,22);1H. The van der Waals surface area contributed by atoms with E-state index in [2.05, 4.69) is 20.6 Å². The maximum absolute atomic E-state index is 13.4. The minimum atomic E-state index is -4.83. The molecule has 0 spiro atoms. The molecular weight excluding hydrogens is 450 g/mol. The molecule has 0 amide bonds. The SMILES string of the molecule is CCCCN=C(NCC)NCCC(O)(c1nccn1C)C(F)(F)F.I. The number of rotatable bonds is 8. The maximum atomic E-state index is 13.4. The van der Waals surface area contributed by atoms with Gasteiger partial charge in [-0.05, 0) is 13.3 Å². The fourth-order valence-electron chi connectivity index (χ4n) is 2.20. The second-order valence-electron chi connectivity index (χ2n) is 5.51. The Balaban J connectivity index is 0.00000576. The van der Waals surface area contributed by atoms with Crippen molar-refractivity contribution in [3.63, 3.8) is 0 Å². The largest absolute Gasteiger partial charge is 0.424 e. The smallest absolute Gasteiger partial charge is 0.374 e. The van der Waals surface area contributed by atoms with Gasteiger partial charge in [0.1, 0.15) is 5.82 Å². The van der Waals surface area contributed by atoms with E-state index in [1.54, 1.807) is 0 Å². The van der Waals surface area contributed by atoms with Crippen LogP contribution < -0.4 is 10.6 Å². The normalized spacial score (nSPS) is 14.6. The van der Waals surface area contributed by atoms with Gasteiger partial charge < -0.3 is 20.3 Å². The summed E-state index contributed by atoms with van der Waals surface area (Å²) in [5, 5.41) is 16.0. The highest BCUT2D eigenvalue weighted by Crippen LogP contribution is 2.40. The van der Waals surface area contributed by atoms with Crippen LogP contribution in [0.4, 0.5) is 13.2 Å². The van der Waals surface area contributed by atoms with E-state index in [4.69, 9.17) is 0 Å². The maximum Gasteiger partial charge on any atom is 0.424 e. The van der Waals surface area contributed by atoms with E-state index in [0.717, 1.165) is 12.8 Å². The summed E-state index contributed by atoms with van der Waals surface area (Å²) in [5.74, 6) is 0.0139. The molecule has 1 atom stereocenters. The molecule has 0 aromatic carbocycles. The van der Waals surface area contributed by atoms with Gasteiger partial charge >= 0.3 is 6.18 Å². The number of hydrogen-bond donors (Lipinski definition) is 3. The summed E-state index contributed by atoms with van der Waals surface area (Å²) >= 11 is 0. The number of guanidine groups is 1. The molecular formula is C15H27F3IN5O. The molecule has 0 aliphatic heterocycles. The first-order chi connectivity index (χ1) is 11.3. The molecule has 1 heterocycles. The first-order valence-corrected chi connectivity index (χ1v) is 8.05. The Bertz CT molecular complexity index is 535. The summed E-state index contributed by atoms with van der Waals surface area (Å²) in [5.41, 5.74) is -3.01. The second-order valence-corrected chi connectivity index (χ2v) is 5.51. The topological polar surface area (TPSA) is 74.5 Å². The summed E-state index contributed by atoms with van der Waals surface area (Å²) in [4.78, 5) is 7.94. The van der Waals surface area contributed by atoms with Gasteiger partial charge in [0.05, 0.1) is 0 Å². The van der Waals surface area contributed by atoms with Crippen LogP contribution in [-0.2, 0) is 12.6 Å². The Labute approximate surface area is 163 Å². The van der Waals surface area contributed by atoms with Crippen molar-refractivity contribution >= 4 is 29.9 Å². The Morgan fingerprint density at radius 1 is 1.32 bits per heavy atom. The molecule has 1 unspecified atom stereocenters. The second kappa shape index (κ2) is 10.8. The zero-order chi connectivity index (χ0) is 18.2. The summed E-state index contributed by atoms with van der Waals surface area (Å²) in [7, 11) is 1.42. The van der Waals surface area contributed by atoms with Crippen molar-refractivity contribution in [2.24, 2.45) is 12.0 Å². The van der Waals surface area contributed by atoms with Gasteiger partial charge in [0, 0.05) is 45.5 Å². The quantitative estimate of drug-likeness (QED) is 0.233. The van der Waals surface area contributed by atoms with Crippen molar-refractivity contribution in [2.45, 2.75) is 44.9 Å². The number of halogens is 4. The number of alkyl halides is 3. The number of hydrogen-bond acceptors (Lipinski definition) is 3. The van der Waals surface area contributed by atoms with Gasteiger partial charge in [-0.1, -0.05) is 13.3 Å². The van der Waals surface area contributed by atoms with Crippen LogP contribution in [0, 0.1) is 0 Å². The zero-order valence-corrected chi connectivity index (χ0v) is 17.1. The molecule has 0 radical (unpaired) electrons. The third-order valence-electron chi connectivity index (χ3n) is 3.57. The first-order valence-electron chi connectivity index (χ1n) is 8.05. The molecule has 0 fully saturated rings. The molecule has 0 aliphatic rings. The van der Waals surface area contributed by atoms with E-state index in [9.17, 15) is 18.3 Å². The molecule has 146 valence electrons. The lowest BCUT2D eigenvalue weighted by Gasteiger charge is -2.30. The third kappa shape index (κ3) is 6.65. The highest BCUT2D eigenvalue weighted by atomic mass is 127. The van der Waals surface area contributed by atoms with Gasteiger partial charge in [-0.25, -0.2) is 4.98 Å². The molecule has 1 aromatic heterocycles. The molecule has 6 nitrogen and oxygen atoms in total. The van der Waals surface area contributed by atoms with Gasteiger partial charge in [0.25, 0.3) is 0 Å².